The molecule has 0 saturated carbocycles. The molecule has 0 unspecified atom stereocenters. The van der Waals surface area contributed by atoms with Gasteiger partial charge in [0.05, 0.1) is 0 Å². The number of rotatable bonds is 6. The van der Waals surface area contributed by atoms with E-state index in [0.29, 0.717) is 11.8 Å². The fourth-order valence-electron chi connectivity index (χ4n) is 2.89. The van der Waals surface area contributed by atoms with Crippen LogP contribution in [0.4, 0.5) is 0 Å². The molecule has 1 saturated heterocycles. The van der Waals surface area contributed by atoms with E-state index in [-0.39, 0.29) is 0 Å². The molecule has 0 aliphatic carbocycles. The Morgan fingerprint density at radius 1 is 1.21 bits per heavy atom. The molecule has 3 nitrogen and oxygen atoms in total. The Hall–Kier alpha value is -1.06. The molecule has 19 heavy (non-hydrogen) atoms. The minimum atomic E-state index is 0.370. The third-order valence-corrected chi connectivity index (χ3v) is 3.97. The summed E-state index contributed by atoms with van der Waals surface area (Å²) in [6.45, 7) is 6.49. The molecule has 3 heteroatoms. The first-order valence-corrected chi connectivity index (χ1v) is 7.55. The van der Waals surface area contributed by atoms with Gasteiger partial charge in [0.2, 0.25) is 0 Å². The van der Waals surface area contributed by atoms with Gasteiger partial charge in [-0.3, -0.25) is 4.90 Å². The van der Waals surface area contributed by atoms with Gasteiger partial charge in [-0.1, -0.05) is 44.4 Å². The summed E-state index contributed by atoms with van der Waals surface area (Å²) >= 11 is 0. The number of phenolic OH excluding ortho intramolecular Hbond substituents is 1. The van der Waals surface area contributed by atoms with Crippen molar-refractivity contribution in [2.45, 2.75) is 38.6 Å². The fourth-order valence-corrected chi connectivity index (χ4v) is 2.89. The largest absolute Gasteiger partial charge is 0.508 e. The van der Waals surface area contributed by atoms with Crippen LogP contribution in [0, 0.1) is 0 Å². The maximum Gasteiger partial charge on any atom is 0.120 e. The zero-order chi connectivity index (χ0) is 13.5. The molecule has 1 fully saturated rings. The Bertz CT molecular complexity index is 375. The zero-order valence-electron chi connectivity index (χ0n) is 11.9. The van der Waals surface area contributed by atoms with Crippen LogP contribution < -0.4 is 5.32 Å². The average Bonchev–Trinajstić information content (AvgIpc) is 2.46. The van der Waals surface area contributed by atoms with Gasteiger partial charge in [0, 0.05) is 37.8 Å². The first kappa shape index (κ1) is 14.4. The van der Waals surface area contributed by atoms with Crippen molar-refractivity contribution < 1.29 is 5.11 Å². The molecule has 0 radical (unpaired) electrons. The predicted molar refractivity (Wildman–Crippen MR) is 79.4 cm³/mol. The standard InChI is InChI=1S/C16H26N2O/c1-2-3-4-8-15(18-12-10-17-11-13-18)14-7-5-6-9-16(14)19/h5-7,9,15,17,19H,2-4,8,10-13H2,1H3/t15-/m0/s1. The summed E-state index contributed by atoms with van der Waals surface area (Å²) in [6, 6.07) is 8.19. The Labute approximate surface area is 116 Å². The van der Waals surface area contributed by atoms with Crippen molar-refractivity contribution in [2.75, 3.05) is 26.2 Å². The van der Waals surface area contributed by atoms with Gasteiger partial charge in [-0.25, -0.2) is 0 Å². The van der Waals surface area contributed by atoms with Crippen molar-refractivity contribution in [1.82, 2.24) is 10.2 Å². The summed E-state index contributed by atoms with van der Waals surface area (Å²) in [7, 11) is 0. The SMILES string of the molecule is CCCCC[C@@H](c1ccccc1O)N1CCNCC1. The lowest BCUT2D eigenvalue weighted by atomic mass is 9.97. The van der Waals surface area contributed by atoms with E-state index in [1.165, 1.54) is 19.3 Å². The maximum atomic E-state index is 10.1. The summed E-state index contributed by atoms with van der Waals surface area (Å²) in [5.74, 6) is 0.447. The highest BCUT2D eigenvalue weighted by molar-refractivity contribution is 5.34. The number of para-hydroxylation sites is 1. The minimum Gasteiger partial charge on any atom is -0.508 e. The lowest BCUT2D eigenvalue weighted by molar-refractivity contribution is 0.160. The van der Waals surface area contributed by atoms with Crippen molar-refractivity contribution >= 4 is 0 Å². The summed E-state index contributed by atoms with van der Waals surface area (Å²) in [5, 5.41) is 13.5. The second-order valence-corrected chi connectivity index (χ2v) is 5.36. The summed E-state index contributed by atoms with van der Waals surface area (Å²) in [5.41, 5.74) is 1.10. The molecule has 1 aromatic carbocycles. The number of aromatic hydroxyl groups is 1. The van der Waals surface area contributed by atoms with Gasteiger partial charge < -0.3 is 10.4 Å². The number of hydrogen-bond acceptors (Lipinski definition) is 3. The summed E-state index contributed by atoms with van der Waals surface area (Å²) in [6.07, 6.45) is 4.90. The number of hydrogen-bond donors (Lipinski definition) is 2. The molecule has 0 aromatic heterocycles. The molecule has 1 aromatic rings. The van der Waals surface area contributed by atoms with Crippen LogP contribution >= 0.6 is 0 Å². The number of benzene rings is 1. The van der Waals surface area contributed by atoms with Gasteiger partial charge in [0.25, 0.3) is 0 Å². The van der Waals surface area contributed by atoms with Crippen molar-refractivity contribution in [2.24, 2.45) is 0 Å². The monoisotopic (exact) mass is 262 g/mol. The van der Waals surface area contributed by atoms with E-state index >= 15 is 0 Å². The second kappa shape index (κ2) is 7.51. The molecule has 1 atom stereocenters. The highest BCUT2D eigenvalue weighted by atomic mass is 16.3. The van der Waals surface area contributed by atoms with E-state index in [4.69, 9.17) is 0 Å². The van der Waals surface area contributed by atoms with Crippen LogP contribution in [0.1, 0.15) is 44.2 Å². The van der Waals surface area contributed by atoms with Crippen molar-refractivity contribution in [3.8, 4) is 5.75 Å². The summed E-state index contributed by atoms with van der Waals surface area (Å²) < 4.78 is 0. The molecule has 106 valence electrons. The lowest BCUT2D eigenvalue weighted by Crippen LogP contribution is -2.45. The van der Waals surface area contributed by atoms with Gasteiger partial charge in [0.1, 0.15) is 5.75 Å². The third kappa shape index (κ3) is 3.95. The Morgan fingerprint density at radius 3 is 2.63 bits per heavy atom. The zero-order valence-corrected chi connectivity index (χ0v) is 11.9. The lowest BCUT2D eigenvalue weighted by Gasteiger charge is -2.35. The van der Waals surface area contributed by atoms with Gasteiger partial charge in [-0.2, -0.15) is 0 Å². The van der Waals surface area contributed by atoms with Crippen molar-refractivity contribution in [3.63, 3.8) is 0 Å². The van der Waals surface area contributed by atoms with E-state index < -0.39 is 0 Å². The molecule has 0 spiro atoms. The molecule has 2 N–H and O–H groups in total. The summed E-state index contributed by atoms with van der Waals surface area (Å²) in [4.78, 5) is 2.52. The van der Waals surface area contributed by atoms with Gasteiger partial charge in [-0.15, -0.1) is 0 Å². The van der Waals surface area contributed by atoms with E-state index in [9.17, 15) is 5.11 Å². The predicted octanol–water partition coefficient (Wildman–Crippen LogP) is 2.92. The number of unbranched alkanes of at least 4 members (excludes halogenated alkanes) is 2. The van der Waals surface area contributed by atoms with Crippen LogP contribution in [0.15, 0.2) is 24.3 Å². The second-order valence-electron chi connectivity index (χ2n) is 5.36. The van der Waals surface area contributed by atoms with Crippen molar-refractivity contribution in [3.05, 3.63) is 29.8 Å². The Balaban J connectivity index is 2.10. The van der Waals surface area contributed by atoms with Crippen LogP contribution in [0.3, 0.4) is 0 Å². The number of nitrogens with zero attached hydrogens (tertiary/aromatic N) is 1. The van der Waals surface area contributed by atoms with Crippen LogP contribution in [-0.2, 0) is 0 Å². The van der Waals surface area contributed by atoms with Crippen LogP contribution in [0.25, 0.3) is 0 Å². The fraction of sp³-hybridized carbons (Fsp3) is 0.625. The quantitative estimate of drug-likeness (QED) is 0.774. The van der Waals surface area contributed by atoms with Gasteiger partial charge in [0.15, 0.2) is 0 Å². The van der Waals surface area contributed by atoms with Crippen LogP contribution in [0.2, 0.25) is 0 Å². The first-order chi connectivity index (χ1) is 9.33. The number of piperazine rings is 1. The molecular weight excluding hydrogens is 236 g/mol. The molecule has 0 amide bonds. The minimum absolute atomic E-state index is 0.370. The molecule has 1 aliphatic heterocycles. The number of phenols is 1. The highest BCUT2D eigenvalue weighted by Crippen LogP contribution is 2.32. The van der Waals surface area contributed by atoms with E-state index in [2.05, 4.69) is 23.2 Å². The van der Waals surface area contributed by atoms with E-state index in [1.807, 2.05) is 18.2 Å². The van der Waals surface area contributed by atoms with E-state index in [0.717, 1.165) is 38.2 Å². The van der Waals surface area contributed by atoms with Crippen LogP contribution in [0.5, 0.6) is 5.75 Å². The smallest absolute Gasteiger partial charge is 0.120 e. The average molecular weight is 262 g/mol. The Kier molecular flexibility index (Phi) is 5.67. The Morgan fingerprint density at radius 2 is 1.95 bits per heavy atom. The highest BCUT2D eigenvalue weighted by Gasteiger charge is 2.23. The topological polar surface area (TPSA) is 35.5 Å². The molecule has 0 bridgehead atoms. The first-order valence-electron chi connectivity index (χ1n) is 7.55. The van der Waals surface area contributed by atoms with Crippen molar-refractivity contribution in [1.29, 1.82) is 0 Å². The normalized spacial score (nSPS) is 18.4. The van der Waals surface area contributed by atoms with Gasteiger partial charge >= 0.3 is 0 Å². The molecule has 1 heterocycles. The third-order valence-electron chi connectivity index (χ3n) is 3.97. The molecule has 1 aliphatic rings. The maximum absolute atomic E-state index is 10.1. The van der Waals surface area contributed by atoms with Gasteiger partial charge in [-0.05, 0) is 12.5 Å². The molecular formula is C16H26N2O. The number of nitrogens with one attached hydrogen (secondary N) is 1. The van der Waals surface area contributed by atoms with E-state index in [1.54, 1.807) is 0 Å². The molecule has 2 rings (SSSR count). The van der Waals surface area contributed by atoms with Crippen LogP contribution in [-0.4, -0.2) is 36.2 Å².